The van der Waals surface area contributed by atoms with Gasteiger partial charge in [-0.15, -0.1) is 0 Å². The minimum absolute atomic E-state index is 0.150. The third-order valence-electron chi connectivity index (χ3n) is 3.56. The number of carbonyl (C=O) groups excluding carboxylic acids is 1. The fourth-order valence-electron chi connectivity index (χ4n) is 2.23. The van der Waals surface area contributed by atoms with Gasteiger partial charge in [0.2, 0.25) is 10.0 Å². The normalized spacial score (nSPS) is 14.0. The molecule has 0 radical (unpaired) electrons. The molecule has 0 aliphatic heterocycles. The van der Waals surface area contributed by atoms with E-state index >= 15 is 0 Å². The lowest BCUT2D eigenvalue weighted by atomic mass is 10.2. The standard InChI is InChI=1S/C19H29NO5S/c1-15-9-11-17(12-10-15)26(23,24)20(16(2)14-21)13-7-6-8-18(22)25-19(3,4)5/h6,8-12,16,21H,7,13-14H2,1-5H3/b8-6+/t16-/m0/s1. The van der Waals surface area contributed by atoms with E-state index in [0.29, 0.717) is 6.42 Å². The van der Waals surface area contributed by atoms with Crippen LogP contribution in [0.1, 0.15) is 39.7 Å². The van der Waals surface area contributed by atoms with Gasteiger partial charge in [0.15, 0.2) is 0 Å². The summed E-state index contributed by atoms with van der Waals surface area (Å²) < 4.78 is 32.1. The summed E-state index contributed by atoms with van der Waals surface area (Å²) in [6.07, 6.45) is 3.20. The summed E-state index contributed by atoms with van der Waals surface area (Å²) in [7, 11) is -3.74. The Kier molecular flexibility index (Phi) is 7.99. The predicted molar refractivity (Wildman–Crippen MR) is 101 cm³/mol. The van der Waals surface area contributed by atoms with Crippen LogP contribution in [0.4, 0.5) is 0 Å². The topological polar surface area (TPSA) is 83.9 Å². The van der Waals surface area contributed by atoms with E-state index in [1.54, 1.807) is 58.0 Å². The molecule has 1 atom stereocenters. The maximum absolute atomic E-state index is 12.9. The maximum Gasteiger partial charge on any atom is 0.330 e. The van der Waals surface area contributed by atoms with Crippen LogP contribution in [-0.2, 0) is 19.6 Å². The van der Waals surface area contributed by atoms with Crippen LogP contribution in [0, 0.1) is 6.92 Å². The van der Waals surface area contributed by atoms with Crippen molar-refractivity contribution in [1.29, 1.82) is 0 Å². The Balaban J connectivity index is 2.85. The molecule has 1 aromatic rings. The van der Waals surface area contributed by atoms with Crippen LogP contribution in [0.3, 0.4) is 0 Å². The first-order valence-electron chi connectivity index (χ1n) is 8.56. The lowest BCUT2D eigenvalue weighted by Crippen LogP contribution is -2.41. The average Bonchev–Trinajstić information content (AvgIpc) is 2.52. The van der Waals surface area contributed by atoms with Crippen molar-refractivity contribution in [2.24, 2.45) is 0 Å². The van der Waals surface area contributed by atoms with Crippen molar-refractivity contribution < 1.29 is 23.1 Å². The first kappa shape index (κ1) is 22.3. The van der Waals surface area contributed by atoms with E-state index in [4.69, 9.17) is 4.74 Å². The molecule has 0 saturated carbocycles. The molecule has 0 spiro atoms. The summed E-state index contributed by atoms with van der Waals surface area (Å²) in [6, 6.07) is 6.00. The van der Waals surface area contributed by atoms with Gasteiger partial charge in [-0.2, -0.15) is 4.31 Å². The van der Waals surface area contributed by atoms with Crippen molar-refractivity contribution >= 4 is 16.0 Å². The molecule has 0 aromatic heterocycles. The summed E-state index contributed by atoms with van der Waals surface area (Å²) in [5.41, 5.74) is 0.388. The lowest BCUT2D eigenvalue weighted by Gasteiger charge is -2.26. The summed E-state index contributed by atoms with van der Waals surface area (Å²) >= 11 is 0. The van der Waals surface area contributed by atoms with Gasteiger partial charge in [0, 0.05) is 18.7 Å². The molecular formula is C19H29NO5S. The van der Waals surface area contributed by atoms with Crippen molar-refractivity contribution in [2.75, 3.05) is 13.2 Å². The first-order valence-corrected chi connectivity index (χ1v) is 10.0. The molecule has 6 nitrogen and oxygen atoms in total. The molecule has 0 fully saturated rings. The Morgan fingerprint density at radius 1 is 1.27 bits per heavy atom. The van der Waals surface area contributed by atoms with Gasteiger partial charge >= 0.3 is 5.97 Å². The maximum atomic E-state index is 12.9. The molecule has 0 aliphatic carbocycles. The number of hydrogen-bond donors (Lipinski definition) is 1. The minimum Gasteiger partial charge on any atom is -0.457 e. The SMILES string of the molecule is Cc1ccc(S(=O)(=O)N(CC/C=C/C(=O)OC(C)(C)C)[C@@H](C)CO)cc1. The Morgan fingerprint density at radius 3 is 2.35 bits per heavy atom. The number of ether oxygens (including phenoxy) is 1. The van der Waals surface area contributed by atoms with Crippen LogP contribution in [0.5, 0.6) is 0 Å². The number of benzene rings is 1. The van der Waals surface area contributed by atoms with Crippen molar-refractivity contribution in [3.63, 3.8) is 0 Å². The molecule has 146 valence electrons. The number of aryl methyl sites for hydroxylation is 1. The van der Waals surface area contributed by atoms with E-state index < -0.39 is 27.6 Å². The van der Waals surface area contributed by atoms with Crippen LogP contribution in [-0.4, -0.2) is 48.6 Å². The molecule has 0 aliphatic rings. The minimum atomic E-state index is -3.74. The van der Waals surface area contributed by atoms with Gasteiger partial charge in [0.25, 0.3) is 0 Å². The van der Waals surface area contributed by atoms with E-state index in [9.17, 15) is 18.3 Å². The number of aliphatic hydroxyl groups excluding tert-OH is 1. The highest BCUT2D eigenvalue weighted by atomic mass is 32.2. The van der Waals surface area contributed by atoms with Gasteiger partial charge in [0.05, 0.1) is 11.5 Å². The Morgan fingerprint density at radius 2 is 1.85 bits per heavy atom. The first-order chi connectivity index (χ1) is 12.0. The van der Waals surface area contributed by atoms with E-state index in [0.717, 1.165) is 5.56 Å². The molecule has 0 amide bonds. The number of carbonyl (C=O) groups is 1. The molecule has 0 heterocycles. The van der Waals surface area contributed by atoms with Crippen molar-refractivity contribution in [1.82, 2.24) is 4.31 Å². The zero-order chi connectivity index (χ0) is 20.0. The summed E-state index contributed by atoms with van der Waals surface area (Å²) in [4.78, 5) is 11.8. The highest BCUT2D eigenvalue weighted by molar-refractivity contribution is 7.89. The van der Waals surface area contributed by atoms with Crippen LogP contribution >= 0.6 is 0 Å². The molecule has 26 heavy (non-hydrogen) atoms. The van der Waals surface area contributed by atoms with Gasteiger partial charge in [0.1, 0.15) is 5.60 Å². The van der Waals surface area contributed by atoms with Crippen LogP contribution in [0.2, 0.25) is 0 Å². The Labute approximate surface area is 156 Å². The summed E-state index contributed by atoms with van der Waals surface area (Å²) in [5, 5.41) is 9.43. The van der Waals surface area contributed by atoms with E-state index in [1.807, 2.05) is 6.92 Å². The lowest BCUT2D eigenvalue weighted by molar-refractivity contribution is -0.148. The second kappa shape index (κ2) is 9.30. The van der Waals surface area contributed by atoms with E-state index in [1.165, 1.54) is 10.4 Å². The fourth-order valence-corrected chi connectivity index (χ4v) is 3.87. The van der Waals surface area contributed by atoms with Crippen LogP contribution in [0.25, 0.3) is 0 Å². The average molecular weight is 384 g/mol. The highest BCUT2D eigenvalue weighted by Crippen LogP contribution is 2.19. The zero-order valence-electron chi connectivity index (χ0n) is 16.1. The number of hydrogen-bond acceptors (Lipinski definition) is 5. The second-order valence-electron chi connectivity index (χ2n) is 7.18. The molecule has 0 saturated heterocycles. The third-order valence-corrected chi connectivity index (χ3v) is 5.59. The van der Waals surface area contributed by atoms with Crippen molar-refractivity contribution in [2.45, 2.75) is 57.6 Å². The molecule has 1 aromatic carbocycles. The van der Waals surface area contributed by atoms with Crippen molar-refractivity contribution in [3.8, 4) is 0 Å². The zero-order valence-corrected chi connectivity index (χ0v) is 16.9. The van der Waals surface area contributed by atoms with E-state index in [-0.39, 0.29) is 18.0 Å². The monoisotopic (exact) mass is 383 g/mol. The number of aliphatic hydroxyl groups is 1. The Bertz CT molecular complexity index is 717. The van der Waals surface area contributed by atoms with Gasteiger partial charge in [-0.05, 0) is 53.2 Å². The molecule has 1 N–H and O–H groups in total. The van der Waals surface area contributed by atoms with Crippen molar-refractivity contribution in [3.05, 3.63) is 42.0 Å². The van der Waals surface area contributed by atoms with E-state index in [2.05, 4.69) is 0 Å². The highest BCUT2D eigenvalue weighted by Gasteiger charge is 2.28. The number of sulfonamides is 1. The van der Waals surface area contributed by atoms with Crippen LogP contribution < -0.4 is 0 Å². The largest absolute Gasteiger partial charge is 0.457 e. The molecule has 1 rings (SSSR count). The number of rotatable bonds is 8. The fraction of sp³-hybridized carbons (Fsp3) is 0.526. The molecule has 7 heteroatoms. The smallest absolute Gasteiger partial charge is 0.330 e. The van der Waals surface area contributed by atoms with Crippen LogP contribution in [0.15, 0.2) is 41.3 Å². The quantitative estimate of drug-likeness (QED) is 0.551. The number of esters is 1. The van der Waals surface area contributed by atoms with Gasteiger partial charge in [-0.1, -0.05) is 23.8 Å². The number of nitrogens with zero attached hydrogens (tertiary/aromatic N) is 1. The Hall–Kier alpha value is -1.70. The molecule has 0 bridgehead atoms. The second-order valence-corrected chi connectivity index (χ2v) is 9.08. The third kappa shape index (κ3) is 6.90. The van der Waals surface area contributed by atoms with Gasteiger partial charge < -0.3 is 9.84 Å². The summed E-state index contributed by atoms with van der Waals surface area (Å²) in [6.45, 7) is 8.71. The predicted octanol–water partition coefficient (Wildman–Crippen LogP) is 2.65. The van der Waals surface area contributed by atoms with Gasteiger partial charge in [-0.25, -0.2) is 13.2 Å². The summed E-state index contributed by atoms with van der Waals surface area (Å²) in [5.74, 6) is -0.472. The molecular weight excluding hydrogens is 354 g/mol. The van der Waals surface area contributed by atoms with Gasteiger partial charge in [-0.3, -0.25) is 0 Å². The molecule has 0 unspecified atom stereocenters.